The number of aryl methyl sites for hydroxylation is 2. The number of amides is 1. The van der Waals surface area contributed by atoms with Gasteiger partial charge in [-0.15, -0.1) is 0 Å². The molecule has 2 aromatic carbocycles. The SMILES string of the molecule is Cc1noc(C)c1COc1ccccc1C(=O)N1CCN(S(=O)(=O)c2ccc(F)c(F)c2)CC1. The largest absolute Gasteiger partial charge is 0.488 e. The van der Waals surface area contributed by atoms with Crippen LogP contribution < -0.4 is 4.74 Å². The van der Waals surface area contributed by atoms with Crippen molar-refractivity contribution in [3.8, 4) is 5.75 Å². The maximum Gasteiger partial charge on any atom is 0.257 e. The minimum atomic E-state index is -4.02. The van der Waals surface area contributed by atoms with Crippen LogP contribution in [0.3, 0.4) is 0 Å². The third-order valence-electron chi connectivity index (χ3n) is 5.73. The van der Waals surface area contributed by atoms with Gasteiger partial charge in [0, 0.05) is 26.2 Å². The molecule has 8 nitrogen and oxygen atoms in total. The smallest absolute Gasteiger partial charge is 0.257 e. The molecule has 0 radical (unpaired) electrons. The standard InChI is InChI=1S/C23H23F2N3O5S/c1-15-19(16(2)33-26-15)14-32-22-6-4-3-5-18(22)23(29)27-9-11-28(12-10-27)34(30,31)17-7-8-20(24)21(25)13-17/h3-8,13H,9-12,14H2,1-2H3. The molecular weight excluding hydrogens is 468 g/mol. The number of piperazine rings is 1. The van der Waals surface area contributed by atoms with E-state index in [-0.39, 0.29) is 43.6 Å². The number of hydrogen-bond donors (Lipinski definition) is 0. The molecule has 1 amide bonds. The first-order chi connectivity index (χ1) is 16.2. The molecule has 0 N–H and O–H groups in total. The Morgan fingerprint density at radius 1 is 1.06 bits per heavy atom. The van der Waals surface area contributed by atoms with Crippen LogP contribution in [0.4, 0.5) is 8.78 Å². The Morgan fingerprint density at radius 3 is 2.41 bits per heavy atom. The highest BCUT2D eigenvalue weighted by molar-refractivity contribution is 7.89. The Balaban J connectivity index is 1.44. The van der Waals surface area contributed by atoms with Gasteiger partial charge in [-0.05, 0) is 44.2 Å². The fourth-order valence-electron chi connectivity index (χ4n) is 3.72. The van der Waals surface area contributed by atoms with Gasteiger partial charge < -0.3 is 14.2 Å². The molecule has 11 heteroatoms. The van der Waals surface area contributed by atoms with E-state index in [4.69, 9.17) is 9.26 Å². The molecule has 0 bridgehead atoms. The number of aromatic nitrogens is 1. The summed E-state index contributed by atoms with van der Waals surface area (Å²) >= 11 is 0. The summed E-state index contributed by atoms with van der Waals surface area (Å²) in [4.78, 5) is 14.4. The van der Waals surface area contributed by atoms with Crippen molar-refractivity contribution >= 4 is 15.9 Å². The highest BCUT2D eigenvalue weighted by Gasteiger charge is 2.31. The number of hydrogen-bond acceptors (Lipinski definition) is 6. The molecule has 2 heterocycles. The molecule has 180 valence electrons. The van der Waals surface area contributed by atoms with Crippen LogP contribution in [-0.2, 0) is 16.6 Å². The first-order valence-corrected chi connectivity index (χ1v) is 12.0. The summed E-state index contributed by atoms with van der Waals surface area (Å²) in [6.45, 7) is 4.10. The minimum Gasteiger partial charge on any atom is -0.488 e. The topological polar surface area (TPSA) is 93.0 Å². The van der Waals surface area contributed by atoms with Crippen LogP contribution in [0.5, 0.6) is 5.75 Å². The molecule has 1 aliphatic rings. The first-order valence-electron chi connectivity index (χ1n) is 10.6. The summed E-state index contributed by atoms with van der Waals surface area (Å²) in [6.07, 6.45) is 0. The molecule has 0 unspecified atom stereocenters. The average Bonchev–Trinajstić information content (AvgIpc) is 3.16. The van der Waals surface area contributed by atoms with Gasteiger partial charge in [-0.1, -0.05) is 17.3 Å². The molecule has 0 aliphatic carbocycles. The lowest BCUT2D eigenvalue weighted by Crippen LogP contribution is -2.50. The van der Waals surface area contributed by atoms with Gasteiger partial charge in [-0.3, -0.25) is 4.79 Å². The van der Waals surface area contributed by atoms with E-state index in [0.29, 0.717) is 28.8 Å². The maximum atomic E-state index is 13.5. The zero-order valence-electron chi connectivity index (χ0n) is 18.6. The number of ether oxygens (including phenoxy) is 1. The molecule has 1 fully saturated rings. The summed E-state index contributed by atoms with van der Waals surface area (Å²) in [5.74, 6) is -1.61. The van der Waals surface area contributed by atoms with Crippen LogP contribution in [0.2, 0.25) is 0 Å². The van der Waals surface area contributed by atoms with Crippen molar-refractivity contribution < 1.29 is 31.3 Å². The van der Waals surface area contributed by atoms with Gasteiger partial charge >= 0.3 is 0 Å². The van der Waals surface area contributed by atoms with E-state index in [2.05, 4.69) is 5.16 Å². The molecule has 4 rings (SSSR count). The summed E-state index contributed by atoms with van der Waals surface area (Å²) in [6, 6.07) is 9.28. The predicted octanol–water partition coefficient (Wildman–Crippen LogP) is 3.30. The normalized spacial score (nSPS) is 14.9. The van der Waals surface area contributed by atoms with Crippen LogP contribution >= 0.6 is 0 Å². The van der Waals surface area contributed by atoms with E-state index >= 15 is 0 Å². The van der Waals surface area contributed by atoms with Gasteiger partial charge in [0.25, 0.3) is 5.91 Å². The van der Waals surface area contributed by atoms with E-state index in [0.717, 1.165) is 22.0 Å². The molecule has 1 saturated heterocycles. The van der Waals surface area contributed by atoms with E-state index in [1.54, 1.807) is 38.1 Å². The van der Waals surface area contributed by atoms with Crippen LogP contribution in [0.1, 0.15) is 27.4 Å². The monoisotopic (exact) mass is 491 g/mol. The molecule has 3 aromatic rings. The van der Waals surface area contributed by atoms with Crippen LogP contribution in [-0.4, -0.2) is 54.9 Å². The Morgan fingerprint density at radius 2 is 1.76 bits per heavy atom. The van der Waals surface area contributed by atoms with Gasteiger partial charge in [0.2, 0.25) is 10.0 Å². The third-order valence-corrected chi connectivity index (χ3v) is 7.62. The second-order valence-electron chi connectivity index (χ2n) is 7.86. The predicted molar refractivity (Wildman–Crippen MR) is 118 cm³/mol. The number of carbonyl (C=O) groups excluding carboxylic acids is 1. The molecule has 0 saturated carbocycles. The van der Waals surface area contributed by atoms with Gasteiger partial charge in [0.05, 0.1) is 21.7 Å². The zero-order valence-corrected chi connectivity index (χ0v) is 19.4. The summed E-state index contributed by atoms with van der Waals surface area (Å²) < 4.78 is 64.5. The fourth-order valence-corrected chi connectivity index (χ4v) is 5.15. The van der Waals surface area contributed by atoms with Crippen molar-refractivity contribution in [2.24, 2.45) is 0 Å². The molecule has 1 aliphatic heterocycles. The van der Waals surface area contributed by atoms with Gasteiger partial charge in [-0.25, -0.2) is 17.2 Å². The Labute approximate surface area is 195 Å². The molecule has 0 atom stereocenters. The van der Waals surface area contributed by atoms with E-state index in [1.165, 1.54) is 4.90 Å². The average molecular weight is 492 g/mol. The second kappa shape index (κ2) is 9.51. The zero-order chi connectivity index (χ0) is 24.5. The van der Waals surface area contributed by atoms with Crippen LogP contribution in [0.15, 0.2) is 51.9 Å². The number of para-hydroxylation sites is 1. The van der Waals surface area contributed by atoms with Crippen molar-refractivity contribution in [3.63, 3.8) is 0 Å². The van der Waals surface area contributed by atoms with Crippen LogP contribution in [0.25, 0.3) is 0 Å². The number of halogens is 2. The lowest BCUT2D eigenvalue weighted by atomic mass is 10.1. The van der Waals surface area contributed by atoms with E-state index in [9.17, 15) is 22.0 Å². The third kappa shape index (κ3) is 4.66. The van der Waals surface area contributed by atoms with E-state index < -0.39 is 21.7 Å². The highest BCUT2D eigenvalue weighted by Crippen LogP contribution is 2.25. The molecule has 1 aromatic heterocycles. The first kappa shape index (κ1) is 23.8. The van der Waals surface area contributed by atoms with Gasteiger partial charge in [0.15, 0.2) is 11.6 Å². The fraction of sp³-hybridized carbons (Fsp3) is 0.304. The Bertz CT molecular complexity index is 1300. The Kier molecular flexibility index (Phi) is 6.67. The van der Waals surface area contributed by atoms with Crippen molar-refractivity contribution in [3.05, 3.63) is 76.7 Å². The van der Waals surface area contributed by atoms with E-state index in [1.807, 2.05) is 0 Å². The summed E-state index contributed by atoms with van der Waals surface area (Å²) in [7, 11) is -4.02. The Hall–Kier alpha value is -3.31. The summed E-state index contributed by atoms with van der Waals surface area (Å²) in [5, 5.41) is 3.89. The van der Waals surface area contributed by atoms with Crippen molar-refractivity contribution in [2.75, 3.05) is 26.2 Å². The van der Waals surface area contributed by atoms with Crippen molar-refractivity contribution in [2.45, 2.75) is 25.3 Å². The summed E-state index contributed by atoms with van der Waals surface area (Å²) in [5.41, 5.74) is 1.86. The highest BCUT2D eigenvalue weighted by atomic mass is 32.2. The number of sulfonamides is 1. The number of benzene rings is 2. The van der Waals surface area contributed by atoms with Gasteiger partial charge in [-0.2, -0.15) is 4.31 Å². The minimum absolute atomic E-state index is 0.0230. The maximum absolute atomic E-state index is 13.5. The molecule has 0 spiro atoms. The number of rotatable bonds is 6. The lowest BCUT2D eigenvalue weighted by Gasteiger charge is -2.34. The van der Waals surface area contributed by atoms with Crippen molar-refractivity contribution in [1.29, 1.82) is 0 Å². The molecular formula is C23H23F2N3O5S. The van der Waals surface area contributed by atoms with Gasteiger partial charge in [0.1, 0.15) is 18.1 Å². The quantitative estimate of drug-likeness (QED) is 0.525. The molecule has 34 heavy (non-hydrogen) atoms. The van der Waals surface area contributed by atoms with Crippen molar-refractivity contribution in [1.82, 2.24) is 14.4 Å². The number of nitrogens with zero attached hydrogens (tertiary/aromatic N) is 3. The van der Waals surface area contributed by atoms with Crippen LogP contribution in [0, 0.1) is 25.5 Å². The number of carbonyl (C=O) groups is 1. The lowest BCUT2D eigenvalue weighted by molar-refractivity contribution is 0.0693. The second-order valence-corrected chi connectivity index (χ2v) is 9.80.